The Morgan fingerprint density at radius 2 is 1.93 bits per heavy atom. The van der Waals surface area contributed by atoms with E-state index < -0.39 is 6.03 Å². The summed E-state index contributed by atoms with van der Waals surface area (Å²) in [5.41, 5.74) is 0.791. The minimum Gasteiger partial charge on any atom is -0.355 e. The maximum absolute atomic E-state index is 12.8. The first kappa shape index (κ1) is 21.2. The Morgan fingerprint density at radius 1 is 1.15 bits per heavy atom. The lowest BCUT2D eigenvalue weighted by atomic mass is 10.0. The molecular formula is C20H31FN4O2. The molecular weight excluding hydrogens is 347 g/mol. The molecule has 1 heterocycles. The lowest BCUT2D eigenvalue weighted by Gasteiger charge is -2.30. The van der Waals surface area contributed by atoms with E-state index in [4.69, 9.17) is 0 Å². The number of nitrogens with zero attached hydrogens (tertiary/aromatic N) is 1. The molecule has 0 saturated carbocycles. The summed E-state index contributed by atoms with van der Waals surface area (Å²) in [7, 11) is 0. The van der Waals surface area contributed by atoms with E-state index in [1.165, 1.54) is 38.1 Å². The van der Waals surface area contributed by atoms with E-state index in [9.17, 15) is 14.0 Å². The normalized spacial score (nSPS) is 17.3. The van der Waals surface area contributed by atoms with Crippen LogP contribution in [0.25, 0.3) is 0 Å². The molecule has 0 aliphatic carbocycles. The summed E-state index contributed by atoms with van der Waals surface area (Å²) >= 11 is 0. The third-order valence-electron chi connectivity index (χ3n) is 4.74. The molecule has 0 spiro atoms. The van der Waals surface area contributed by atoms with Gasteiger partial charge in [0.05, 0.1) is 6.54 Å². The molecule has 1 aliphatic heterocycles. The number of likely N-dealkylation sites (tertiary alicyclic amines) is 1. The van der Waals surface area contributed by atoms with Gasteiger partial charge in [0.1, 0.15) is 5.82 Å². The van der Waals surface area contributed by atoms with E-state index in [0.29, 0.717) is 6.54 Å². The number of urea groups is 1. The Bertz CT molecular complexity index is 594. The number of hydrogen-bond acceptors (Lipinski definition) is 3. The first-order chi connectivity index (χ1) is 13.0. The minimum absolute atomic E-state index is 0.0567. The number of rotatable bonds is 9. The Morgan fingerprint density at radius 3 is 2.67 bits per heavy atom. The third-order valence-corrected chi connectivity index (χ3v) is 4.74. The molecule has 3 amide bonds. The number of amides is 3. The maximum Gasteiger partial charge on any atom is 0.315 e. The number of benzene rings is 1. The summed E-state index contributed by atoms with van der Waals surface area (Å²) in [4.78, 5) is 25.9. The molecule has 150 valence electrons. The Labute approximate surface area is 160 Å². The van der Waals surface area contributed by atoms with Crippen LogP contribution in [0.1, 0.15) is 38.2 Å². The van der Waals surface area contributed by atoms with Gasteiger partial charge in [-0.15, -0.1) is 0 Å². The number of piperidine rings is 1. The summed E-state index contributed by atoms with van der Waals surface area (Å²) in [6, 6.07) is 5.47. The second-order valence-electron chi connectivity index (χ2n) is 7.27. The molecule has 27 heavy (non-hydrogen) atoms. The van der Waals surface area contributed by atoms with Crippen LogP contribution in [0.5, 0.6) is 0 Å². The van der Waals surface area contributed by atoms with Gasteiger partial charge in [-0.25, -0.2) is 9.18 Å². The molecule has 1 fully saturated rings. The van der Waals surface area contributed by atoms with Gasteiger partial charge in [0, 0.05) is 19.6 Å². The van der Waals surface area contributed by atoms with Crippen LogP contribution in [0.15, 0.2) is 24.3 Å². The molecule has 3 N–H and O–H groups in total. The predicted molar refractivity (Wildman–Crippen MR) is 104 cm³/mol. The fourth-order valence-electron chi connectivity index (χ4n) is 3.25. The van der Waals surface area contributed by atoms with Gasteiger partial charge in [-0.05, 0) is 62.4 Å². The number of nitrogens with one attached hydrogen (secondary N) is 3. The van der Waals surface area contributed by atoms with Crippen LogP contribution in [0.2, 0.25) is 0 Å². The quantitative estimate of drug-likeness (QED) is 0.577. The van der Waals surface area contributed by atoms with Gasteiger partial charge in [-0.3, -0.25) is 4.79 Å². The smallest absolute Gasteiger partial charge is 0.315 e. The summed E-state index contributed by atoms with van der Waals surface area (Å²) in [6.07, 6.45) is 4.62. The van der Waals surface area contributed by atoms with Crippen molar-refractivity contribution in [2.24, 2.45) is 5.92 Å². The number of carbonyl (C=O) groups excluding carboxylic acids is 2. The minimum atomic E-state index is -0.423. The van der Waals surface area contributed by atoms with Crippen molar-refractivity contribution in [2.75, 3.05) is 32.7 Å². The van der Waals surface area contributed by atoms with E-state index in [2.05, 4.69) is 27.8 Å². The topological polar surface area (TPSA) is 73.5 Å². The van der Waals surface area contributed by atoms with Crippen LogP contribution in [0, 0.1) is 11.7 Å². The van der Waals surface area contributed by atoms with E-state index in [1.807, 2.05) is 0 Å². The van der Waals surface area contributed by atoms with Crippen LogP contribution in [0.3, 0.4) is 0 Å². The first-order valence-electron chi connectivity index (χ1n) is 9.78. The Kier molecular flexibility index (Phi) is 9.04. The van der Waals surface area contributed by atoms with Gasteiger partial charge in [0.15, 0.2) is 0 Å². The average molecular weight is 378 g/mol. The van der Waals surface area contributed by atoms with Crippen molar-refractivity contribution in [3.05, 3.63) is 35.6 Å². The summed E-state index contributed by atoms with van der Waals surface area (Å²) < 4.78 is 12.8. The van der Waals surface area contributed by atoms with Crippen LogP contribution in [0.4, 0.5) is 9.18 Å². The van der Waals surface area contributed by atoms with Gasteiger partial charge in [0.2, 0.25) is 5.91 Å². The molecule has 7 heteroatoms. The van der Waals surface area contributed by atoms with Crippen LogP contribution < -0.4 is 16.0 Å². The van der Waals surface area contributed by atoms with Crippen molar-refractivity contribution in [1.82, 2.24) is 20.9 Å². The van der Waals surface area contributed by atoms with Crippen molar-refractivity contribution in [2.45, 2.75) is 39.2 Å². The second kappa shape index (κ2) is 11.5. The van der Waals surface area contributed by atoms with Crippen molar-refractivity contribution in [3.8, 4) is 0 Å². The molecule has 0 radical (unpaired) electrons. The number of carbonyl (C=O) groups is 2. The van der Waals surface area contributed by atoms with E-state index in [1.54, 1.807) is 12.1 Å². The summed E-state index contributed by atoms with van der Waals surface area (Å²) in [5.74, 6) is 0.280. The zero-order valence-corrected chi connectivity index (χ0v) is 16.1. The number of hydrogen-bond donors (Lipinski definition) is 3. The summed E-state index contributed by atoms with van der Waals surface area (Å²) in [6.45, 7) is 6.61. The van der Waals surface area contributed by atoms with Crippen LogP contribution in [-0.2, 0) is 11.3 Å². The molecule has 0 bridgehead atoms. The monoisotopic (exact) mass is 378 g/mol. The highest BCUT2D eigenvalue weighted by Crippen LogP contribution is 2.15. The van der Waals surface area contributed by atoms with Crippen LogP contribution in [-0.4, -0.2) is 49.6 Å². The molecule has 2 rings (SSSR count). The fourth-order valence-corrected chi connectivity index (χ4v) is 3.25. The summed E-state index contributed by atoms with van der Waals surface area (Å²) in [5, 5.41) is 7.97. The van der Waals surface area contributed by atoms with Crippen molar-refractivity contribution in [1.29, 1.82) is 0 Å². The van der Waals surface area contributed by atoms with Gasteiger partial charge in [0.25, 0.3) is 0 Å². The Balaban J connectivity index is 1.47. The van der Waals surface area contributed by atoms with Gasteiger partial charge < -0.3 is 20.9 Å². The number of halogens is 1. The molecule has 1 atom stereocenters. The van der Waals surface area contributed by atoms with Gasteiger partial charge >= 0.3 is 6.03 Å². The largest absolute Gasteiger partial charge is 0.355 e. The van der Waals surface area contributed by atoms with E-state index in [0.717, 1.165) is 30.9 Å². The van der Waals surface area contributed by atoms with Crippen molar-refractivity contribution >= 4 is 11.9 Å². The lowest BCUT2D eigenvalue weighted by molar-refractivity contribution is -0.120. The molecule has 0 aromatic heterocycles. The average Bonchev–Trinajstić information content (AvgIpc) is 2.65. The lowest BCUT2D eigenvalue weighted by Crippen LogP contribution is -2.42. The van der Waals surface area contributed by atoms with Crippen molar-refractivity contribution in [3.63, 3.8) is 0 Å². The zero-order chi connectivity index (χ0) is 19.5. The second-order valence-corrected chi connectivity index (χ2v) is 7.27. The highest BCUT2D eigenvalue weighted by molar-refractivity contribution is 5.83. The predicted octanol–water partition coefficient (Wildman–Crippen LogP) is 2.25. The van der Waals surface area contributed by atoms with E-state index in [-0.39, 0.29) is 24.8 Å². The molecule has 1 aliphatic rings. The molecule has 1 aromatic rings. The molecule has 1 unspecified atom stereocenters. The molecule has 6 nitrogen and oxygen atoms in total. The fraction of sp³-hybridized carbons (Fsp3) is 0.600. The Hall–Kier alpha value is -2.15. The van der Waals surface area contributed by atoms with E-state index >= 15 is 0 Å². The van der Waals surface area contributed by atoms with Crippen LogP contribution >= 0.6 is 0 Å². The van der Waals surface area contributed by atoms with Crippen molar-refractivity contribution < 1.29 is 14.0 Å². The standard InChI is InChI=1S/C20H31FN4O2/c1-16-5-4-12-25(15-16)11-3-2-10-22-19(26)14-24-20(27)23-13-17-6-8-18(21)9-7-17/h6-9,16H,2-5,10-15H2,1H3,(H,22,26)(H2,23,24,27). The molecule has 1 aromatic carbocycles. The zero-order valence-electron chi connectivity index (χ0n) is 16.1. The third kappa shape index (κ3) is 8.86. The highest BCUT2D eigenvalue weighted by atomic mass is 19.1. The maximum atomic E-state index is 12.8. The highest BCUT2D eigenvalue weighted by Gasteiger charge is 2.15. The van der Waals surface area contributed by atoms with Gasteiger partial charge in [-0.1, -0.05) is 19.1 Å². The SMILES string of the molecule is CC1CCCN(CCCCNC(=O)CNC(=O)NCc2ccc(F)cc2)C1. The molecule has 1 saturated heterocycles. The first-order valence-corrected chi connectivity index (χ1v) is 9.78. The van der Waals surface area contributed by atoms with Gasteiger partial charge in [-0.2, -0.15) is 0 Å². The number of unbranched alkanes of at least 4 members (excludes halogenated alkanes) is 1.